The number of thioether (sulfide) groups is 1. The van der Waals surface area contributed by atoms with Crippen molar-refractivity contribution in [3.63, 3.8) is 0 Å². The van der Waals surface area contributed by atoms with Gasteiger partial charge in [0.1, 0.15) is 10.9 Å². The molecule has 1 aromatic carbocycles. The van der Waals surface area contributed by atoms with Crippen LogP contribution in [0.2, 0.25) is 0 Å². The lowest BCUT2D eigenvalue weighted by Crippen LogP contribution is -2.34. The second-order valence-corrected chi connectivity index (χ2v) is 6.78. The zero-order valence-corrected chi connectivity index (χ0v) is 15.9. The molecule has 0 N–H and O–H groups in total. The van der Waals surface area contributed by atoms with Gasteiger partial charge in [-0.3, -0.25) is 14.5 Å². The molecule has 1 fully saturated rings. The standard InChI is InChI=1S/C17H19NO5S2/c1-4-7-23-15(19)10-18-16(20)14(25-17(18)24)9-11-5-6-12(21-2)13(8-11)22-3/h5-6,8-9H,4,7,10H2,1-3H3/b14-9-. The smallest absolute Gasteiger partial charge is 0.326 e. The van der Waals surface area contributed by atoms with Crippen LogP contribution in [0.25, 0.3) is 6.08 Å². The van der Waals surface area contributed by atoms with Crippen molar-refractivity contribution in [2.45, 2.75) is 13.3 Å². The number of methoxy groups -OCH3 is 2. The predicted octanol–water partition coefficient (Wildman–Crippen LogP) is 2.86. The molecule has 1 aliphatic heterocycles. The average Bonchev–Trinajstić information content (AvgIpc) is 2.87. The summed E-state index contributed by atoms with van der Waals surface area (Å²) in [4.78, 5) is 25.9. The molecule has 0 saturated carbocycles. The van der Waals surface area contributed by atoms with Crippen molar-refractivity contribution in [2.75, 3.05) is 27.4 Å². The van der Waals surface area contributed by atoms with E-state index in [1.165, 1.54) is 4.90 Å². The quantitative estimate of drug-likeness (QED) is 0.409. The minimum atomic E-state index is -0.467. The number of hydrogen-bond donors (Lipinski definition) is 0. The number of carbonyl (C=O) groups is 2. The van der Waals surface area contributed by atoms with Crippen LogP contribution >= 0.6 is 24.0 Å². The highest BCUT2D eigenvalue weighted by Gasteiger charge is 2.33. The highest BCUT2D eigenvalue weighted by atomic mass is 32.2. The Kier molecular flexibility index (Phi) is 6.83. The number of nitrogens with zero attached hydrogens (tertiary/aromatic N) is 1. The van der Waals surface area contributed by atoms with E-state index in [0.29, 0.717) is 27.3 Å². The summed E-state index contributed by atoms with van der Waals surface area (Å²) >= 11 is 6.36. The molecule has 6 nitrogen and oxygen atoms in total. The Hall–Kier alpha value is -2.06. The van der Waals surface area contributed by atoms with Crippen molar-refractivity contribution in [1.82, 2.24) is 4.90 Å². The Morgan fingerprint density at radius 3 is 2.64 bits per heavy atom. The van der Waals surface area contributed by atoms with Crippen molar-refractivity contribution in [3.8, 4) is 11.5 Å². The van der Waals surface area contributed by atoms with Crippen molar-refractivity contribution in [1.29, 1.82) is 0 Å². The number of thiocarbonyl (C=S) groups is 1. The lowest BCUT2D eigenvalue weighted by Gasteiger charge is -2.13. The van der Waals surface area contributed by atoms with Crippen LogP contribution in [0.15, 0.2) is 23.1 Å². The predicted molar refractivity (Wildman–Crippen MR) is 101 cm³/mol. The van der Waals surface area contributed by atoms with Gasteiger partial charge in [-0.2, -0.15) is 0 Å². The molecule has 1 aromatic rings. The lowest BCUT2D eigenvalue weighted by molar-refractivity contribution is -0.146. The fourth-order valence-corrected chi connectivity index (χ4v) is 3.38. The summed E-state index contributed by atoms with van der Waals surface area (Å²) in [7, 11) is 3.10. The van der Waals surface area contributed by atoms with Crippen molar-refractivity contribution in [2.24, 2.45) is 0 Å². The summed E-state index contributed by atoms with van der Waals surface area (Å²) in [5.74, 6) is 0.393. The molecule has 1 saturated heterocycles. The fraction of sp³-hybridized carbons (Fsp3) is 0.353. The van der Waals surface area contributed by atoms with Crippen LogP contribution in [0, 0.1) is 0 Å². The molecule has 0 spiro atoms. The molecule has 0 aliphatic carbocycles. The minimum Gasteiger partial charge on any atom is -0.493 e. The second kappa shape index (κ2) is 8.87. The molecule has 0 atom stereocenters. The van der Waals surface area contributed by atoms with Crippen LogP contribution in [0.3, 0.4) is 0 Å². The van der Waals surface area contributed by atoms with Crippen molar-refractivity contribution in [3.05, 3.63) is 28.7 Å². The Morgan fingerprint density at radius 1 is 1.28 bits per heavy atom. The van der Waals surface area contributed by atoms with E-state index < -0.39 is 5.97 Å². The zero-order valence-electron chi connectivity index (χ0n) is 14.2. The van der Waals surface area contributed by atoms with Gasteiger partial charge in [0, 0.05) is 0 Å². The van der Waals surface area contributed by atoms with Gasteiger partial charge in [0.05, 0.1) is 25.7 Å². The van der Waals surface area contributed by atoms with Gasteiger partial charge in [-0.1, -0.05) is 37.0 Å². The molecular formula is C17H19NO5S2. The summed E-state index contributed by atoms with van der Waals surface area (Å²) in [6.07, 6.45) is 2.43. The molecule has 1 aliphatic rings. The summed E-state index contributed by atoms with van der Waals surface area (Å²) in [6, 6.07) is 5.33. The molecule has 0 aromatic heterocycles. The van der Waals surface area contributed by atoms with E-state index in [1.54, 1.807) is 32.4 Å². The second-order valence-electron chi connectivity index (χ2n) is 5.10. The number of ether oxygens (including phenoxy) is 3. The van der Waals surface area contributed by atoms with Crippen LogP contribution in [0.4, 0.5) is 0 Å². The maximum Gasteiger partial charge on any atom is 0.326 e. The number of rotatable bonds is 7. The number of benzene rings is 1. The van der Waals surface area contributed by atoms with Gasteiger partial charge in [-0.25, -0.2) is 0 Å². The molecule has 25 heavy (non-hydrogen) atoms. The number of hydrogen-bond acceptors (Lipinski definition) is 7. The van der Waals surface area contributed by atoms with Gasteiger partial charge in [-0.05, 0) is 30.2 Å². The van der Waals surface area contributed by atoms with E-state index in [9.17, 15) is 9.59 Å². The first-order valence-electron chi connectivity index (χ1n) is 7.63. The first-order valence-corrected chi connectivity index (χ1v) is 8.85. The highest BCUT2D eigenvalue weighted by molar-refractivity contribution is 8.26. The van der Waals surface area contributed by atoms with E-state index in [1.807, 2.05) is 13.0 Å². The molecule has 134 valence electrons. The summed E-state index contributed by atoms with van der Waals surface area (Å²) in [5, 5.41) is 0. The van der Waals surface area contributed by atoms with Gasteiger partial charge in [-0.15, -0.1) is 0 Å². The van der Waals surface area contributed by atoms with Crippen LogP contribution in [-0.4, -0.2) is 48.5 Å². The minimum absolute atomic E-state index is 0.173. The third-order valence-electron chi connectivity index (χ3n) is 3.33. The van der Waals surface area contributed by atoms with Crippen LogP contribution in [-0.2, 0) is 14.3 Å². The molecular weight excluding hydrogens is 362 g/mol. The van der Waals surface area contributed by atoms with Gasteiger partial charge >= 0.3 is 5.97 Å². The van der Waals surface area contributed by atoms with E-state index >= 15 is 0 Å². The van der Waals surface area contributed by atoms with Gasteiger partial charge in [0.25, 0.3) is 5.91 Å². The average molecular weight is 381 g/mol. The number of amides is 1. The summed E-state index contributed by atoms with van der Waals surface area (Å²) < 4.78 is 15.8. The molecule has 8 heteroatoms. The largest absolute Gasteiger partial charge is 0.493 e. The summed E-state index contributed by atoms with van der Waals surface area (Å²) in [5.41, 5.74) is 0.770. The SMILES string of the molecule is CCCOC(=O)CN1C(=O)/C(=C/c2ccc(OC)c(OC)c2)SC1=S. The zero-order chi connectivity index (χ0) is 18.4. The molecule has 1 heterocycles. The topological polar surface area (TPSA) is 65.1 Å². The Morgan fingerprint density at radius 2 is 2.00 bits per heavy atom. The van der Waals surface area contributed by atoms with E-state index in [0.717, 1.165) is 23.7 Å². The van der Waals surface area contributed by atoms with Crippen LogP contribution in [0.1, 0.15) is 18.9 Å². The number of carbonyl (C=O) groups excluding carboxylic acids is 2. The Balaban J connectivity index is 2.15. The third-order valence-corrected chi connectivity index (χ3v) is 4.71. The van der Waals surface area contributed by atoms with Gasteiger partial charge in [0.2, 0.25) is 0 Å². The Bertz CT molecular complexity index is 717. The maximum atomic E-state index is 12.5. The van der Waals surface area contributed by atoms with Crippen LogP contribution in [0.5, 0.6) is 11.5 Å². The van der Waals surface area contributed by atoms with E-state index in [4.69, 9.17) is 26.4 Å². The van der Waals surface area contributed by atoms with Crippen molar-refractivity contribution < 1.29 is 23.8 Å². The van der Waals surface area contributed by atoms with E-state index in [-0.39, 0.29) is 12.5 Å². The van der Waals surface area contributed by atoms with Crippen LogP contribution < -0.4 is 9.47 Å². The fourth-order valence-electron chi connectivity index (χ4n) is 2.12. The third kappa shape index (κ3) is 4.73. The van der Waals surface area contributed by atoms with Gasteiger partial charge < -0.3 is 14.2 Å². The first kappa shape index (κ1) is 19.3. The summed E-state index contributed by atoms with van der Waals surface area (Å²) in [6.45, 7) is 2.06. The van der Waals surface area contributed by atoms with Crippen molar-refractivity contribution >= 4 is 46.3 Å². The maximum absolute atomic E-state index is 12.5. The van der Waals surface area contributed by atoms with E-state index in [2.05, 4.69) is 0 Å². The molecule has 2 rings (SSSR count). The normalized spacial score (nSPS) is 15.6. The Labute approximate surface area is 156 Å². The molecule has 0 radical (unpaired) electrons. The monoisotopic (exact) mass is 381 g/mol. The molecule has 0 unspecified atom stereocenters. The highest BCUT2D eigenvalue weighted by Crippen LogP contribution is 2.34. The molecule has 1 amide bonds. The first-order chi connectivity index (χ1) is 12.0. The number of esters is 1. The van der Waals surface area contributed by atoms with Gasteiger partial charge in [0.15, 0.2) is 11.5 Å². The lowest BCUT2D eigenvalue weighted by atomic mass is 10.2. The molecule has 0 bridgehead atoms.